The van der Waals surface area contributed by atoms with Crippen LogP contribution in [0.5, 0.6) is 0 Å². The molecule has 2 aromatic heterocycles. The molecule has 26 aromatic carbocycles. The van der Waals surface area contributed by atoms with Gasteiger partial charge >= 0.3 is 0 Å². The van der Waals surface area contributed by atoms with Crippen LogP contribution in [0.4, 0.5) is 34.1 Å². The van der Waals surface area contributed by atoms with Gasteiger partial charge in [0.1, 0.15) is 0 Å². The van der Waals surface area contributed by atoms with Gasteiger partial charge in [0.25, 0.3) is 0 Å². The molecule has 146 heavy (non-hydrogen) atoms. The van der Waals surface area contributed by atoms with E-state index in [1.807, 2.05) is 0 Å². The lowest BCUT2D eigenvalue weighted by Gasteiger charge is -2.26. The summed E-state index contributed by atoms with van der Waals surface area (Å²) < 4.78 is 4.80. The molecule has 0 amide bonds. The van der Waals surface area contributed by atoms with Crippen LogP contribution in [0.1, 0.15) is 0 Å². The predicted molar refractivity (Wildman–Crippen MR) is 622 cm³/mol. The second-order valence-corrected chi connectivity index (χ2v) is 38.1. The van der Waals surface area contributed by atoms with Gasteiger partial charge in [-0.25, -0.2) is 0 Å². The maximum absolute atomic E-state index is 2.40. The molecule has 0 saturated carbocycles. The quantitative estimate of drug-likeness (QED) is 0.0845. The second kappa shape index (κ2) is 36.7. The molecule has 0 aliphatic rings. The van der Waals surface area contributed by atoms with Crippen LogP contribution in [0.2, 0.25) is 0 Å². The number of anilines is 6. The summed E-state index contributed by atoms with van der Waals surface area (Å²) in [5.74, 6) is 0. The molecular weight excluding hydrogens is 1760 g/mol. The van der Waals surface area contributed by atoms with Crippen LogP contribution in [0.25, 0.3) is 231 Å². The van der Waals surface area contributed by atoms with E-state index < -0.39 is 0 Å². The minimum atomic E-state index is 1.09. The summed E-state index contributed by atoms with van der Waals surface area (Å²) in [4.78, 5) is 4.74. The molecule has 4 nitrogen and oxygen atoms in total. The highest BCUT2D eigenvalue weighted by molar-refractivity contribution is 6.27. The average molecular weight is 1860 g/mol. The standard InChI is InChI=1S/C72H48N2.C70H46N2/c1-4-14-49(15-5-1)51-24-26-53(27-25-51)57-35-44-71-69(47-57)70-48-58(36-45-72(70)74(71)59-18-8-3-9-19-59)55-32-41-62(42-33-55)73(60-37-28-52(29-38-60)50-16-6-2-7-17-50)61-39-30-54(31-40-61)56-34-43-67-65-22-11-10-20-63(65)64-21-12-13-23-66(64)68(67)46-56;1-3-14-47(15-4-1)48-26-35-56(36-27-48)71(57-37-28-49(29-38-57)52-32-41-65-63-23-10-9-21-61(63)62-22-11-12-24-64(62)66(65)44-52)58-39-30-50(31-40-58)53-33-42-69-67(45-53)68-46-54(60-25-13-17-51-16-7-8-20-59(51)60)34-43-70(68)72(69)55-18-5-2-6-19-55/h1-48H;1-46H. The Morgan fingerprint density at radius 1 is 0.110 bits per heavy atom. The molecule has 0 saturated heterocycles. The number of fused-ring (bicyclic) bond motifs is 19. The van der Waals surface area contributed by atoms with E-state index in [2.05, 4.69) is 589 Å². The van der Waals surface area contributed by atoms with Crippen LogP contribution in [-0.2, 0) is 0 Å². The molecular formula is C142H94N4. The number of benzene rings is 26. The molecule has 4 heteroatoms. The maximum atomic E-state index is 2.40. The first kappa shape index (κ1) is 85.9. The molecule has 0 atom stereocenters. The van der Waals surface area contributed by atoms with Gasteiger partial charge in [-0.05, 0) is 333 Å². The first-order valence-corrected chi connectivity index (χ1v) is 50.3. The average Bonchev–Trinajstić information content (AvgIpc) is 1.71. The molecule has 0 radical (unpaired) electrons. The molecule has 28 rings (SSSR count). The van der Waals surface area contributed by atoms with Crippen LogP contribution < -0.4 is 9.80 Å². The molecule has 0 aliphatic carbocycles. The van der Waals surface area contributed by atoms with E-state index in [9.17, 15) is 0 Å². The van der Waals surface area contributed by atoms with E-state index in [1.54, 1.807) is 0 Å². The third kappa shape index (κ3) is 15.6. The number of hydrogen-bond acceptors (Lipinski definition) is 2. The van der Waals surface area contributed by atoms with E-state index in [4.69, 9.17) is 0 Å². The lowest BCUT2D eigenvalue weighted by atomic mass is 9.92. The largest absolute Gasteiger partial charge is 0.311 e. The number of aromatic nitrogens is 2. The minimum absolute atomic E-state index is 1.09. The van der Waals surface area contributed by atoms with Gasteiger partial charge in [0.2, 0.25) is 0 Å². The van der Waals surface area contributed by atoms with Crippen LogP contribution >= 0.6 is 0 Å². The van der Waals surface area contributed by atoms with Crippen LogP contribution in [0.3, 0.4) is 0 Å². The summed E-state index contributed by atoms with van der Waals surface area (Å²) in [6.07, 6.45) is 0. The van der Waals surface area contributed by atoms with Crippen LogP contribution in [0, 0.1) is 0 Å². The Labute approximate surface area is 847 Å². The summed E-state index contributed by atoms with van der Waals surface area (Å²) in [6.45, 7) is 0. The summed E-state index contributed by atoms with van der Waals surface area (Å²) in [6, 6.07) is 209. The van der Waals surface area contributed by atoms with E-state index in [0.29, 0.717) is 0 Å². The van der Waals surface area contributed by atoms with Crippen molar-refractivity contribution in [2.45, 2.75) is 0 Å². The van der Waals surface area contributed by atoms with Gasteiger partial charge in [-0.2, -0.15) is 0 Å². The first-order valence-electron chi connectivity index (χ1n) is 50.3. The summed E-state index contributed by atoms with van der Waals surface area (Å²) in [7, 11) is 0. The van der Waals surface area contributed by atoms with Crippen molar-refractivity contribution in [1.82, 2.24) is 9.13 Å². The van der Waals surface area contributed by atoms with Crippen molar-refractivity contribution in [3.05, 3.63) is 570 Å². The Hall–Kier alpha value is -19.3. The highest BCUT2D eigenvalue weighted by Gasteiger charge is 2.24. The van der Waals surface area contributed by atoms with E-state index >= 15 is 0 Å². The van der Waals surface area contributed by atoms with Crippen molar-refractivity contribution in [2.75, 3.05) is 9.80 Å². The normalized spacial score (nSPS) is 11.6. The zero-order chi connectivity index (χ0) is 96.5. The highest BCUT2D eigenvalue weighted by Crippen LogP contribution is 2.48. The first-order chi connectivity index (χ1) is 72.4. The van der Waals surface area contributed by atoms with E-state index in [1.165, 1.54) is 208 Å². The second-order valence-electron chi connectivity index (χ2n) is 38.1. The molecule has 28 aromatic rings. The topological polar surface area (TPSA) is 16.3 Å². The maximum Gasteiger partial charge on any atom is 0.0541 e. The molecule has 0 fully saturated rings. The Balaban J connectivity index is 0.000000145. The third-order valence-corrected chi connectivity index (χ3v) is 29.8. The molecule has 0 N–H and O–H groups in total. The summed E-state index contributed by atoms with van der Waals surface area (Å²) in [5, 5.41) is 22.8. The zero-order valence-electron chi connectivity index (χ0n) is 80.1. The highest BCUT2D eigenvalue weighted by atomic mass is 15.1. The van der Waals surface area contributed by atoms with Crippen molar-refractivity contribution >= 4 is 153 Å². The fourth-order valence-electron chi connectivity index (χ4n) is 22.6. The van der Waals surface area contributed by atoms with Crippen molar-refractivity contribution < 1.29 is 0 Å². The fourth-order valence-corrected chi connectivity index (χ4v) is 22.6. The molecule has 682 valence electrons. The SMILES string of the molecule is c1ccc(-c2ccc(-c3ccc4c(c3)c3cc(-c5ccc(N(c6ccc(-c7ccccc7)cc6)c6ccc(-c7ccc8c9ccccc9c9ccccc9c8c7)cc6)cc5)ccc3n4-c3ccccc3)cc2)cc1.c1ccc(-c2ccc(N(c3ccc(-c4ccc5c6ccccc6c6ccccc6c5c4)cc3)c3ccc(-c4ccc5c(c4)c4cc(-c6cccc7ccccc67)ccc4n5-c4ccccc4)cc3)cc2)cc1. The van der Waals surface area contributed by atoms with Gasteiger partial charge in [0, 0.05) is 67.0 Å². The van der Waals surface area contributed by atoms with Crippen LogP contribution in [-0.4, -0.2) is 9.13 Å². The van der Waals surface area contributed by atoms with Crippen molar-refractivity contribution in [1.29, 1.82) is 0 Å². The Morgan fingerprint density at radius 2 is 0.295 bits per heavy atom. The molecule has 0 aliphatic heterocycles. The van der Waals surface area contributed by atoms with Crippen molar-refractivity contribution in [3.63, 3.8) is 0 Å². The zero-order valence-corrected chi connectivity index (χ0v) is 80.1. The fraction of sp³-hybridized carbons (Fsp3) is 0. The van der Waals surface area contributed by atoms with Gasteiger partial charge < -0.3 is 18.9 Å². The Kier molecular flexibility index (Phi) is 21.6. The number of rotatable bonds is 17. The lowest BCUT2D eigenvalue weighted by molar-refractivity contribution is 1.18. The van der Waals surface area contributed by atoms with Gasteiger partial charge in [0.15, 0.2) is 0 Å². The molecule has 0 spiro atoms. The van der Waals surface area contributed by atoms with Gasteiger partial charge in [0.05, 0.1) is 22.1 Å². The molecule has 0 bridgehead atoms. The van der Waals surface area contributed by atoms with Gasteiger partial charge in [-0.1, -0.05) is 413 Å². The van der Waals surface area contributed by atoms with E-state index in [0.717, 1.165) is 56.6 Å². The van der Waals surface area contributed by atoms with Crippen molar-refractivity contribution in [3.8, 4) is 112 Å². The van der Waals surface area contributed by atoms with E-state index in [-0.39, 0.29) is 0 Å². The smallest absolute Gasteiger partial charge is 0.0541 e. The Morgan fingerprint density at radius 3 is 0.582 bits per heavy atom. The minimum Gasteiger partial charge on any atom is -0.311 e. The Bertz CT molecular complexity index is 9760. The van der Waals surface area contributed by atoms with Gasteiger partial charge in [-0.15, -0.1) is 0 Å². The monoisotopic (exact) mass is 1850 g/mol. The summed E-state index contributed by atoms with van der Waals surface area (Å²) in [5.41, 5.74) is 35.1. The molecule has 2 heterocycles. The predicted octanol–water partition coefficient (Wildman–Crippen LogP) is 39.6. The van der Waals surface area contributed by atoms with Gasteiger partial charge in [-0.3, -0.25) is 0 Å². The van der Waals surface area contributed by atoms with Crippen LogP contribution in [0.15, 0.2) is 570 Å². The molecule has 0 unspecified atom stereocenters. The number of nitrogens with zero attached hydrogens (tertiary/aromatic N) is 4. The lowest BCUT2D eigenvalue weighted by Crippen LogP contribution is -2.09. The third-order valence-electron chi connectivity index (χ3n) is 29.8. The number of para-hydroxylation sites is 2. The number of hydrogen-bond donors (Lipinski definition) is 0. The van der Waals surface area contributed by atoms with Crippen molar-refractivity contribution in [2.24, 2.45) is 0 Å². The summed E-state index contributed by atoms with van der Waals surface area (Å²) >= 11 is 0.